The summed E-state index contributed by atoms with van der Waals surface area (Å²) >= 11 is 0. The first-order chi connectivity index (χ1) is 11.1. The summed E-state index contributed by atoms with van der Waals surface area (Å²) in [5, 5.41) is 8.28. The molecule has 1 aliphatic heterocycles. The van der Waals surface area contributed by atoms with Crippen LogP contribution in [0.1, 0.15) is 5.56 Å². The van der Waals surface area contributed by atoms with Gasteiger partial charge in [0.05, 0.1) is 39.4 Å². The van der Waals surface area contributed by atoms with Crippen molar-refractivity contribution >= 4 is 17.0 Å². The molecule has 1 heterocycles. The Morgan fingerprint density at radius 1 is 1.17 bits per heavy atom. The fraction of sp³-hybridized carbons (Fsp3) is 0.353. The first-order valence-corrected chi connectivity index (χ1v) is 7.70. The van der Waals surface area contributed by atoms with Crippen molar-refractivity contribution in [1.29, 1.82) is 0 Å². The molecule has 0 atom stereocenters. The lowest BCUT2D eigenvalue weighted by Gasteiger charge is -2.27. The molecule has 2 aromatic carbocycles. The van der Waals surface area contributed by atoms with Crippen LogP contribution in [0.15, 0.2) is 41.5 Å². The number of piperazine rings is 1. The lowest BCUT2D eigenvalue weighted by atomic mass is 10.0. The number of benzene rings is 2. The molecule has 0 aliphatic carbocycles. The lowest BCUT2D eigenvalue weighted by molar-refractivity contribution is -0.884. The molecule has 0 unspecified atom stereocenters. The van der Waals surface area contributed by atoms with Crippen LogP contribution in [0.2, 0.25) is 0 Å². The van der Waals surface area contributed by atoms with Crippen molar-refractivity contribution < 1.29 is 18.4 Å². The van der Waals surface area contributed by atoms with E-state index in [2.05, 4.69) is 16.9 Å². The second kappa shape index (κ2) is 6.91. The van der Waals surface area contributed by atoms with E-state index in [0.29, 0.717) is 5.56 Å². The molecule has 0 saturated carbocycles. The molecule has 23 heavy (non-hydrogen) atoms. The fourth-order valence-electron chi connectivity index (χ4n) is 2.74. The molecule has 1 aliphatic rings. The van der Waals surface area contributed by atoms with Gasteiger partial charge in [-0.3, -0.25) is 5.01 Å². The van der Waals surface area contributed by atoms with Gasteiger partial charge >= 0.3 is 6.61 Å². The SMILES string of the molecule is C[NH+]1CCN(/N=C\c2c(OC(F)F)ccc3ccccc23)CC1. The lowest BCUT2D eigenvalue weighted by Crippen LogP contribution is -3.11. The first-order valence-electron chi connectivity index (χ1n) is 7.70. The largest absolute Gasteiger partial charge is 0.434 e. The van der Waals surface area contributed by atoms with Crippen LogP contribution in [-0.4, -0.2) is 51.1 Å². The highest BCUT2D eigenvalue weighted by atomic mass is 19.3. The molecule has 0 amide bonds. The molecule has 1 N–H and O–H groups in total. The Hall–Kier alpha value is -2.21. The Labute approximate surface area is 133 Å². The summed E-state index contributed by atoms with van der Waals surface area (Å²) in [5.41, 5.74) is 0.592. The number of hydrogen-bond donors (Lipinski definition) is 1. The molecule has 0 bridgehead atoms. The maximum absolute atomic E-state index is 12.7. The van der Waals surface area contributed by atoms with Gasteiger partial charge in [-0.25, -0.2) is 0 Å². The second-order valence-corrected chi connectivity index (χ2v) is 5.73. The highest BCUT2D eigenvalue weighted by molar-refractivity contribution is 6.02. The quantitative estimate of drug-likeness (QED) is 0.867. The maximum Gasteiger partial charge on any atom is 0.387 e. The van der Waals surface area contributed by atoms with Crippen LogP contribution in [0, 0.1) is 0 Å². The Morgan fingerprint density at radius 3 is 2.65 bits per heavy atom. The van der Waals surface area contributed by atoms with Crippen molar-refractivity contribution in [2.75, 3.05) is 33.2 Å². The zero-order valence-electron chi connectivity index (χ0n) is 13.0. The molecule has 1 saturated heterocycles. The summed E-state index contributed by atoms with van der Waals surface area (Å²) in [4.78, 5) is 1.48. The van der Waals surface area contributed by atoms with Gasteiger partial charge in [0.1, 0.15) is 5.75 Å². The third-order valence-electron chi connectivity index (χ3n) is 4.09. The number of hydrazone groups is 1. The minimum absolute atomic E-state index is 0.155. The third-order valence-corrected chi connectivity index (χ3v) is 4.09. The van der Waals surface area contributed by atoms with E-state index in [9.17, 15) is 8.78 Å². The van der Waals surface area contributed by atoms with Gasteiger partial charge in [-0.2, -0.15) is 13.9 Å². The molecule has 4 nitrogen and oxygen atoms in total. The number of hydrogen-bond acceptors (Lipinski definition) is 3. The van der Waals surface area contributed by atoms with Crippen molar-refractivity contribution in [3.8, 4) is 5.75 Å². The fourth-order valence-corrected chi connectivity index (χ4v) is 2.74. The summed E-state index contributed by atoms with van der Waals surface area (Å²) in [6, 6.07) is 11.0. The molecule has 0 radical (unpaired) electrons. The number of fused-ring (bicyclic) bond motifs is 1. The van der Waals surface area contributed by atoms with Crippen molar-refractivity contribution in [3.05, 3.63) is 42.0 Å². The Balaban J connectivity index is 1.93. The Bertz CT molecular complexity index is 697. The zero-order chi connectivity index (χ0) is 16.2. The van der Waals surface area contributed by atoms with E-state index in [4.69, 9.17) is 0 Å². The van der Waals surface area contributed by atoms with E-state index in [1.165, 1.54) is 4.90 Å². The van der Waals surface area contributed by atoms with E-state index >= 15 is 0 Å². The summed E-state index contributed by atoms with van der Waals surface area (Å²) in [6.07, 6.45) is 1.64. The molecule has 0 aromatic heterocycles. The molecular weight excluding hydrogens is 300 g/mol. The molecule has 3 rings (SSSR count). The summed E-state index contributed by atoms with van der Waals surface area (Å²) in [7, 11) is 2.15. The van der Waals surface area contributed by atoms with Gasteiger partial charge < -0.3 is 9.64 Å². The molecule has 1 fully saturated rings. The van der Waals surface area contributed by atoms with E-state index in [-0.39, 0.29) is 5.75 Å². The van der Waals surface area contributed by atoms with Crippen LogP contribution in [0.3, 0.4) is 0 Å². The standard InChI is InChI=1S/C17H19F2N3O/c1-21-8-10-22(11-9-21)20-12-15-14-5-3-2-4-13(14)6-7-16(15)23-17(18)19/h2-7,12,17H,8-11H2,1H3/p+1/b20-12-. The average molecular weight is 320 g/mol. The smallest absolute Gasteiger partial charge is 0.387 e. The third kappa shape index (κ3) is 3.76. The monoisotopic (exact) mass is 320 g/mol. The number of alkyl halides is 2. The number of nitrogens with zero attached hydrogens (tertiary/aromatic N) is 2. The molecule has 2 aromatic rings. The molecule has 6 heteroatoms. The van der Waals surface area contributed by atoms with E-state index in [1.807, 2.05) is 29.3 Å². The first kappa shape index (κ1) is 15.7. The zero-order valence-corrected chi connectivity index (χ0v) is 13.0. The van der Waals surface area contributed by atoms with Gasteiger partial charge in [-0.1, -0.05) is 30.3 Å². The normalized spacial score (nSPS) is 16.6. The van der Waals surface area contributed by atoms with Crippen LogP contribution in [0.4, 0.5) is 8.78 Å². The Morgan fingerprint density at radius 2 is 1.91 bits per heavy atom. The minimum atomic E-state index is -2.85. The van der Waals surface area contributed by atoms with Crippen LogP contribution in [-0.2, 0) is 0 Å². The van der Waals surface area contributed by atoms with Gasteiger partial charge in [0.15, 0.2) is 0 Å². The van der Waals surface area contributed by atoms with E-state index < -0.39 is 6.61 Å². The average Bonchev–Trinajstić information content (AvgIpc) is 2.55. The van der Waals surface area contributed by atoms with Gasteiger partial charge in [-0.05, 0) is 16.8 Å². The number of halogens is 2. The van der Waals surface area contributed by atoms with Crippen molar-refractivity contribution in [3.63, 3.8) is 0 Å². The van der Waals surface area contributed by atoms with Crippen LogP contribution < -0.4 is 9.64 Å². The van der Waals surface area contributed by atoms with Crippen LogP contribution in [0.25, 0.3) is 10.8 Å². The van der Waals surface area contributed by atoms with Gasteiger partial charge in [0.2, 0.25) is 0 Å². The Kier molecular flexibility index (Phi) is 4.71. The van der Waals surface area contributed by atoms with Crippen molar-refractivity contribution in [2.45, 2.75) is 6.61 Å². The minimum Gasteiger partial charge on any atom is -0.434 e. The summed E-state index contributed by atoms with van der Waals surface area (Å²) in [6.45, 7) is 0.909. The molecular formula is C17H20F2N3O+. The highest BCUT2D eigenvalue weighted by Gasteiger charge is 2.15. The van der Waals surface area contributed by atoms with Crippen LogP contribution in [0.5, 0.6) is 5.75 Å². The summed E-state index contributed by atoms with van der Waals surface area (Å²) in [5.74, 6) is 0.155. The highest BCUT2D eigenvalue weighted by Crippen LogP contribution is 2.28. The van der Waals surface area contributed by atoms with Crippen LogP contribution >= 0.6 is 0 Å². The van der Waals surface area contributed by atoms with E-state index in [1.54, 1.807) is 18.3 Å². The van der Waals surface area contributed by atoms with Gasteiger partial charge in [0.25, 0.3) is 0 Å². The van der Waals surface area contributed by atoms with Gasteiger partial charge in [-0.15, -0.1) is 0 Å². The number of likely N-dealkylation sites (N-methyl/N-ethyl adjacent to an activating group) is 1. The van der Waals surface area contributed by atoms with Gasteiger partial charge in [0, 0.05) is 5.56 Å². The predicted octanol–water partition coefficient (Wildman–Crippen LogP) is 1.61. The number of ether oxygens (including phenoxy) is 1. The number of rotatable bonds is 4. The number of quaternary nitrogens is 1. The van der Waals surface area contributed by atoms with Crippen molar-refractivity contribution in [2.24, 2.45) is 5.10 Å². The molecule has 0 spiro atoms. The molecule has 122 valence electrons. The topological polar surface area (TPSA) is 29.3 Å². The number of nitrogens with one attached hydrogen (secondary N) is 1. The van der Waals surface area contributed by atoms with Crippen molar-refractivity contribution in [1.82, 2.24) is 5.01 Å². The maximum atomic E-state index is 12.7. The second-order valence-electron chi connectivity index (χ2n) is 5.73. The predicted molar refractivity (Wildman–Crippen MR) is 86.4 cm³/mol. The summed E-state index contributed by atoms with van der Waals surface area (Å²) < 4.78 is 30.0. The van der Waals surface area contributed by atoms with E-state index in [0.717, 1.165) is 37.0 Å².